The average Bonchev–Trinajstić information content (AvgIpc) is 3.57. The first kappa shape index (κ1) is 24.0. The van der Waals surface area contributed by atoms with Crippen LogP contribution >= 0.6 is 0 Å². The van der Waals surface area contributed by atoms with Crippen molar-refractivity contribution in [3.63, 3.8) is 0 Å². The summed E-state index contributed by atoms with van der Waals surface area (Å²) in [7, 11) is 0. The smallest absolute Gasteiger partial charge is 0.0991 e. The molecular formula is C38H24N4. The molecule has 5 aromatic carbocycles. The molecule has 42 heavy (non-hydrogen) atoms. The topological polar surface area (TPSA) is 57.4 Å². The van der Waals surface area contributed by atoms with E-state index in [4.69, 9.17) is 0 Å². The summed E-state index contributed by atoms with van der Waals surface area (Å²) in [6.07, 6.45) is 6.84. The van der Waals surface area contributed by atoms with Crippen LogP contribution in [0.2, 0.25) is 0 Å². The van der Waals surface area contributed by atoms with E-state index in [1.807, 2.05) is 24.3 Å². The number of hydrogen-bond donors (Lipinski definition) is 0. The summed E-state index contributed by atoms with van der Waals surface area (Å²) >= 11 is 0. The molecule has 8 rings (SSSR count). The van der Waals surface area contributed by atoms with Crippen LogP contribution in [0.1, 0.15) is 18.0 Å². The monoisotopic (exact) mass is 536 g/mol. The Hall–Kier alpha value is -5.84. The minimum atomic E-state index is -0.0895. The summed E-state index contributed by atoms with van der Waals surface area (Å²) in [6.45, 7) is 0. The lowest BCUT2D eigenvalue weighted by molar-refractivity contribution is 0.626. The maximum atomic E-state index is 10.1. The minimum absolute atomic E-state index is 0.0895. The molecule has 0 amide bonds. The van der Waals surface area contributed by atoms with Gasteiger partial charge in [-0.05, 0) is 48.9 Å². The molecule has 4 nitrogen and oxygen atoms in total. The fourth-order valence-electron chi connectivity index (χ4n) is 6.77. The summed E-state index contributed by atoms with van der Waals surface area (Å²) in [6, 6.07) is 42.6. The lowest BCUT2D eigenvalue weighted by atomic mass is 9.97. The van der Waals surface area contributed by atoms with Crippen LogP contribution in [0.25, 0.3) is 60.4 Å². The number of nitriles is 2. The first-order chi connectivity index (χ1) is 20.8. The molecule has 196 valence electrons. The van der Waals surface area contributed by atoms with Gasteiger partial charge in [-0.3, -0.25) is 0 Å². The summed E-state index contributed by atoms with van der Waals surface area (Å²) < 4.78 is 4.69. The molecule has 0 saturated carbocycles. The van der Waals surface area contributed by atoms with Crippen LogP contribution in [0.4, 0.5) is 0 Å². The second-order valence-electron chi connectivity index (χ2n) is 10.7. The van der Waals surface area contributed by atoms with Gasteiger partial charge < -0.3 is 9.13 Å². The maximum Gasteiger partial charge on any atom is 0.0991 e. The van der Waals surface area contributed by atoms with Crippen LogP contribution in [-0.2, 0) is 0 Å². The third kappa shape index (κ3) is 3.40. The van der Waals surface area contributed by atoms with Crippen LogP contribution in [0.15, 0.2) is 133 Å². The fraction of sp³-hybridized carbons (Fsp3) is 0.0526. The number of allylic oxidation sites excluding steroid dienone is 4. The van der Waals surface area contributed by atoms with Gasteiger partial charge in [0.1, 0.15) is 0 Å². The first-order valence-electron chi connectivity index (χ1n) is 14.1. The van der Waals surface area contributed by atoms with Crippen molar-refractivity contribution in [3.05, 3.63) is 139 Å². The quantitative estimate of drug-likeness (QED) is 0.226. The summed E-state index contributed by atoms with van der Waals surface area (Å²) in [5.41, 5.74) is 9.10. The van der Waals surface area contributed by atoms with Gasteiger partial charge in [-0.2, -0.15) is 10.5 Å². The number of aromatic nitrogens is 2. The van der Waals surface area contributed by atoms with Gasteiger partial charge in [-0.25, -0.2) is 0 Å². The van der Waals surface area contributed by atoms with Crippen molar-refractivity contribution in [1.29, 1.82) is 10.5 Å². The molecule has 0 bridgehead atoms. The van der Waals surface area contributed by atoms with Crippen molar-refractivity contribution in [2.45, 2.75) is 12.5 Å². The number of nitrogens with zero attached hydrogens (tertiary/aromatic N) is 4. The van der Waals surface area contributed by atoms with Crippen molar-refractivity contribution in [2.75, 3.05) is 0 Å². The second-order valence-corrected chi connectivity index (χ2v) is 10.7. The van der Waals surface area contributed by atoms with E-state index in [1.165, 1.54) is 10.8 Å². The molecule has 1 unspecified atom stereocenters. The Labute approximate surface area is 242 Å². The van der Waals surface area contributed by atoms with E-state index in [0.29, 0.717) is 5.56 Å². The molecule has 0 fully saturated rings. The molecule has 4 heteroatoms. The van der Waals surface area contributed by atoms with Gasteiger partial charge >= 0.3 is 0 Å². The Morgan fingerprint density at radius 2 is 1.31 bits per heavy atom. The largest absolute Gasteiger partial charge is 0.331 e. The van der Waals surface area contributed by atoms with E-state index < -0.39 is 0 Å². The molecule has 2 aromatic heterocycles. The number of hydrogen-bond acceptors (Lipinski definition) is 2. The zero-order valence-corrected chi connectivity index (χ0v) is 22.7. The lowest BCUT2D eigenvalue weighted by Crippen LogP contribution is -2.12. The van der Waals surface area contributed by atoms with Gasteiger partial charge in [0.2, 0.25) is 0 Å². The van der Waals surface area contributed by atoms with Crippen LogP contribution in [-0.4, -0.2) is 9.13 Å². The molecule has 0 saturated heterocycles. The van der Waals surface area contributed by atoms with Gasteiger partial charge in [-0.1, -0.05) is 84.9 Å². The number of fused-ring (bicyclic) bond motifs is 6. The lowest BCUT2D eigenvalue weighted by Gasteiger charge is -2.23. The SMILES string of the molecule is N#CC1=CC=CCC1n1c2ccccc2c2cccc(-c3ccccc3-n3c4ccccc4c4cc(C#N)ccc43)c21. The Kier molecular flexibility index (Phi) is 5.36. The molecule has 1 atom stereocenters. The summed E-state index contributed by atoms with van der Waals surface area (Å²) in [5, 5.41) is 24.3. The minimum Gasteiger partial charge on any atom is -0.331 e. The first-order valence-corrected chi connectivity index (χ1v) is 14.1. The Bertz CT molecular complexity index is 2360. The van der Waals surface area contributed by atoms with E-state index in [1.54, 1.807) is 0 Å². The van der Waals surface area contributed by atoms with E-state index in [2.05, 4.69) is 124 Å². The van der Waals surface area contributed by atoms with E-state index in [-0.39, 0.29) is 6.04 Å². The van der Waals surface area contributed by atoms with Crippen LogP contribution in [0, 0.1) is 22.7 Å². The molecule has 0 aliphatic heterocycles. The van der Waals surface area contributed by atoms with Crippen molar-refractivity contribution in [3.8, 4) is 29.0 Å². The highest BCUT2D eigenvalue weighted by Gasteiger charge is 2.25. The molecule has 0 N–H and O–H groups in total. The zero-order valence-electron chi connectivity index (χ0n) is 22.7. The predicted molar refractivity (Wildman–Crippen MR) is 170 cm³/mol. The summed E-state index contributed by atoms with van der Waals surface area (Å²) in [4.78, 5) is 0. The van der Waals surface area contributed by atoms with Gasteiger partial charge in [0.25, 0.3) is 0 Å². The van der Waals surface area contributed by atoms with Crippen molar-refractivity contribution >= 4 is 43.6 Å². The second kappa shape index (κ2) is 9.37. The van der Waals surface area contributed by atoms with Crippen LogP contribution in [0.5, 0.6) is 0 Å². The van der Waals surface area contributed by atoms with Crippen LogP contribution in [0.3, 0.4) is 0 Å². The Balaban J connectivity index is 1.48. The van der Waals surface area contributed by atoms with Crippen molar-refractivity contribution in [2.24, 2.45) is 0 Å². The molecule has 1 aliphatic carbocycles. The number of para-hydroxylation sites is 4. The number of rotatable bonds is 3. The highest BCUT2D eigenvalue weighted by Crippen LogP contribution is 2.43. The van der Waals surface area contributed by atoms with Gasteiger partial charge in [0, 0.05) is 38.2 Å². The van der Waals surface area contributed by atoms with Crippen LogP contribution < -0.4 is 0 Å². The molecular weight excluding hydrogens is 512 g/mol. The zero-order chi connectivity index (χ0) is 28.2. The van der Waals surface area contributed by atoms with E-state index in [0.717, 1.165) is 61.6 Å². The fourth-order valence-corrected chi connectivity index (χ4v) is 6.77. The Morgan fingerprint density at radius 1 is 0.619 bits per heavy atom. The highest BCUT2D eigenvalue weighted by atomic mass is 15.0. The van der Waals surface area contributed by atoms with Crippen molar-refractivity contribution < 1.29 is 0 Å². The Morgan fingerprint density at radius 3 is 2.14 bits per heavy atom. The summed E-state index contributed by atoms with van der Waals surface area (Å²) in [5.74, 6) is 0. The molecule has 0 spiro atoms. The van der Waals surface area contributed by atoms with Gasteiger partial charge in [0.05, 0.1) is 51.6 Å². The van der Waals surface area contributed by atoms with Gasteiger partial charge in [-0.15, -0.1) is 0 Å². The third-order valence-electron chi connectivity index (χ3n) is 8.54. The molecule has 0 radical (unpaired) electrons. The standard InChI is InChI=1S/C38H24N4/c39-23-25-20-21-37-32(22-25)29-13-4-7-18-35(29)41(37)34-17-6-2-11-27(34)30-14-9-15-31-28-12-3-8-19-36(28)42(38(30)31)33-16-5-1-10-26(33)24-40/h1-15,17-22,33H,16H2. The highest BCUT2D eigenvalue weighted by molar-refractivity contribution is 6.14. The van der Waals surface area contributed by atoms with Crippen molar-refractivity contribution in [1.82, 2.24) is 9.13 Å². The maximum absolute atomic E-state index is 10.1. The normalized spacial score (nSPS) is 14.8. The molecule has 1 aliphatic rings. The number of benzene rings is 5. The molecule has 2 heterocycles. The predicted octanol–water partition coefficient (Wildman–Crippen LogP) is 9.38. The molecule has 7 aromatic rings. The van der Waals surface area contributed by atoms with E-state index >= 15 is 0 Å². The van der Waals surface area contributed by atoms with Gasteiger partial charge in [0.15, 0.2) is 0 Å². The van der Waals surface area contributed by atoms with E-state index in [9.17, 15) is 10.5 Å². The average molecular weight is 537 g/mol. The third-order valence-corrected chi connectivity index (χ3v) is 8.54.